The van der Waals surface area contributed by atoms with Crippen molar-refractivity contribution in [2.75, 3.05) is 12.4 Å². The van der Waals surface area contributed by atoms with Crippen LogP contribution in [0.15, 0.2) is 29.1 Å². The normalized spacial score (nSPS) is 12.8. The van der Waals surface area contributed by atoms with Crippen LogP contribution < -0.4 is 15.6 Å². The molecule has 6 nitrogen and oxygen atoms in total. The molecule has 0 aliphatic heterocycles. The van der Waals surface area contributed by atoms with Crippen LogP contribution in [0.3, 0.4) is 0 Å². The Hall–Kier alpha value is -2.63. The molecule has 0 radical (unpaired) electrons. The summed E-state index contributed by atoms with van der Waals surface area (Å²) < 4.78 is 6.65. The van der Waals surface area contributed by atoms with Crippen molar-refractivity contribution in [2.45, 2.75) is 32.7 Å². The average molecular weight is 313 g/mol. The van der Waals surface area contributed by atoms with E-state index in [9.17, 15) is 9.59 Å². The summed E-state index contributed by atoms with van der Waals surface area (Å²) in [5.74, 6) is 0.877. The molecule has 3 rings (SSSR count). The zero-order chi connectivity index (χ0) is 16.4. The molecule has 0 saturated heterocycles. The van der Waals surface area contributed by atoms with E-state index in [1.807, 2.05) is 12.1 Å². The highest BCUT2D eigenvalue weighted by molar-refractivity contribution is 5.92. The highest BCUT2D eigenvalue weighted by Gasteiger charge is 2.20. The molecule has 1 aromatic carbocycles. The Kier molecular flexibility index (Phi) is 4.14. The minimum atomic E-state index is -0.278. The van der Waals surface area contributed by atoms with Crippen LogP contribution in [0.4, 0.5) is 5.69 Å². The van der Waals surface area contributed by atoms with Crippen LogP contribution in [0.2, 0.25) is 0 Å². The van der Waals surface area contributed by atoms with Crippen LogP contribution in [0.1, 0.15) is 23.5 Å². The molecule has 1 aliphatic rings. The van der Waals surface area contributed by atoms with Crippen molar-refractivity contribution in [3.63, 3.8) is 0 Å². The molecule has 120 valence electrons. The second-order valence-corrected chi connectivity index (χ2v) is 5.58. The minimum absolute atomic E-state index is 0.0526. The van der Waals surface area contributed by atoms with Gasteiger partial charge in [0.05, 0.1) is 18.5 Å². The Bertz CT molecular complexity index is 811. The molecule has 0 saturated carbocycles. The number of amides is 1. The molecule has 0 fully saturated rings. The molecule has 0 atom stereocenters. The van der Waals surface area contributed by atoms with Gasteiger partial charge in [-0.25, -0.2) is 4.98 Å². The number of rotatable bonds is 4. The molecule has 1 N–H and O–H groups in total. The Morgan fingerprint density at radius 2 is 2.13 bits per heavy atom. The number of aromatic nitrogens is 2. The summed E-state index contributed by atoms with van der Waals surface area (Å²) in [6.07, 6.45) is 2.55. The van der Waals surface area contributed by atoms with E-state index in [1.165, 1.54) is 4.57 Å². The van der Waals surface area contributed by atoms with Crippen molar-refractivity contribution in [1.82, 2.24) is 9.55 Å². The monoisotopic (exact) mass is 313 g/mol. The first-order valence-electron chi connectivity index (χ1n) is 7.62. The second kappa shape index (κ2) is 6.24. The molecular formula is C17H19N3O3. The van der Waals surface area contributed by atoms with Crippen molar-refractivity contribution in [3.05, 3.63) is 51.7 Å². The maximum absolute atomic E-state index is 12.5. The summed E-state index contributed by atoms with van der Waals surface area (Å²) >= 11 is 0. The lowest BCUT2D eigenvalue weighted by molar-refractivity contribution is -0.116. The lowest BCUT2D eigenvalue weighted by atomic mass is 10.2. The standard InChI is InChI=1S/C17H19N3O3/c1-11-18-13-8-5-6-12(13)17(22)20(11)10-16(21)19-14-7-3-4-9-15(14)23-2/h3-4,7,9H,5-6,8,10H2,1-2H3,(H,19,21). The molecule has 0 unspecified atom stereocenters. The quantitative estimate of drug-likeness (QED) is 0.932. The van der Waals surface area contributed by atoms with Crippen molar-refractivity contribution in [3.8, 4) is 5.75 Å². The van der Waals surface area contributed by atoms with Crippen LogP contribution >= 0.6 is 0 Å². The number of methoxy groups -OCH3 is 1. The van der Waals surface area contributed by atoms with Crippen LogP contribution in [0.5, 0.6) is 5.75 Å². The highest BCUT2D eigenvalue weighted by atomic mass is 16.5. The van der Waals surface area contributed by atoms with Gasteiger partial charge < -0.3 is 10.1 Å². The summed E-state index contributed by atoms with van der Waals surface area (Å²) in [4.78, 5) is 29.3. The maximum Gasteiger partial charge on any atom is 0.257 e. The first-order chi connectivity index (χ1) is 11.1. The van der Waals surface area contributed by atoms with E-state index in [0.717, 1.165) is 30.5 Å². The Labute approximate surface area is 134 Å². The van der Waals surface area contributed by atoms with Gasteiger partial charge in [-0.3, -0.25) is 14.2 Å². The van der Waals surface area contributed by atoms with Gasteiger partial charge in [0.2, 0.25) is 5.91 Å². The topological polar surface area (TPSA) is 73.2 Å². The van der Waals surface area contributed by atoms with Gasteiger partial charge >= 0.3 is 0 Å². The smallest absolute Gasteiger partial charge is 0.257 e. The average Bonchev–Trinajstić information content (AvgIpc) is 3.00. The van der Waals surface area contributed by atoms with E-state index < -0.39 is 0 Å². The van der Waals surface area contributed by atoms with Crippen LogP contribution in [-0.2, 0) is 24.2 Å². The zero-order valence-corrected chi connectivity index (χ0v) is 13.3. The summed E-state index contributed by atoms with van der Waals surface area (Å²) in [6.45, 7) is 1.71. The first-order valence-corrected chi connectivity index (χ1v) is 7.62. The number of benzene rings is 1. The lowest BCUT2D eigenvalue weighted by Gasteiger charge is -2.13. The summed E-state index contributed by atoms with van der Waals surface area (Å²) in [6, 6.07) is 7.16. The Morgan fingerprint density at radius 3 is 2.91 bits per heavy atom. The zero-order valence-electron chi connectivity index (χ0n) is 13.3. The first kappa shape index (κ1) is 15.3. The number of nitrogens with zero attached hydrogens (tertiary/aromatic N) is 2. The fourth-order valence-corrected chi connectivity index (χ4v) is 2.91. The van der Waals surface area contributed by atoms with E-state index in [2.05, 4.69) is 10.3 Å². The molecule has 0 spiro atoms. The van der Waals surface area contributed by atoms with Gasteiger partial charge in [0.15, 0.2) is 0 Å². The second-order valence-electron chi connectivity index (χ2n) is 5.58. The van der Waals surface area contributed by atoms with Crippen LogP contribution in [0.25, 0.3) is 0 Å². The Balaban J connectivity index is 1.83. The Morgan fingerprint density at radius 1 is 1.35 bits per heavy atom. The van der Waals surface area contributed by atoms with Crippen molar-refractivity contribution < 1.29 is 9.53 Å². The third kappa shape index (κ3) is 2.97. The highest BCUT2D eigenvalue weighted by Crippen LogP contribution is 2.23. The van der Waals surface area contributed by atoms with Crippen molar-refractivity contribution in [2.24, 2.45) is 0 Å². The van der Waals surface area contributed by atoms with Crippen LogP contribution in [0, 0.1) is 6.92 Å². The minimum Gasteiger partial charge on any atom is -0.495 e. The SMILES string of the molecule is COc1ccccc1NC(=O)Cn1c(C)nc2c(c1=O)CCC2. The number of fused-ring (bicyclic) bond motifs is 1. The number of aryl methyl sites for hydroxylation is 2. The third-order valence-corrected chi connectivity index (χ3v) is 4.06. The largest absolute Gasteiger partial charge is 0.495 e. The molecule has 1 aliphatic carbocycles. The number of hydrogen-bond donors (Lipinski definition) is 1. The van der Waals surface area contributed by atoms with Gasteiger partial charge in [-0.05, 0) is 38.3 Å². The fraction of sp³-hybridized carbons (Fsp3) is 0.353. The molecule has 1 heterocycles. The number of anilines is 1. The predicted octanol–water partition coefficient (Wildman–Crippen LogP) is 1.69. The number of carbonyl (C=O) groups is 1. The van der Waals surface area contributed by atoms with Gasteiger partial charge in [-0.15, -0.1) is 0 Å². The molecule has 1 aromatic heterocycles. The lowest BCUT2D eigenvalue weighted by Crippen LogP contribution is -2.32. The van der Waals surface area contributed by atoms with E-state index in [-0.39, 0.29) is 18.0 Å². The van der Waals surface area contributed by atoms with Crippen molar-refractivity contribution >= 4 is 11.6 Å². The number of ether oxygens (including phenoxy) is 1. The molecule has 1 amide bonds. The van der Waals surface area contributed by atoms with E-state index in [1.54, 1.807) is 26.2 Å². The summed E-state index contributed by atoms with van der Waals surface area (Å²) in [5.41, 5.74) is 2.12. The van der Waals surface area contributed by atoms with Gasteiger partial charge in [-0.2, -0.15) is 0 Å². The maximum atomic E-state index is 12.5. The van der Waals surface area contributed by atoms with Gasteiger partial charge in [0, 0.05) is 5.56 Å². The molecule has 23 heavy (non-hydrogen) atoms. The predicted molar refractivity (Wildman–Crippen MR) is 86.9 cm³/mol. The fourth-order valence-electron chi connectivity index (χ4n) is 2.91. The number of hydrogen-bond acceptors (Lipinski definition) is 4. The van der Waals surface area contributed by atoms with Gasteiger partial charge in [0.1, 0.15) is 18.1 Å². The number of nitrogens with one attached hydrogen (secondary N) is 1. The molecule has 0 bridgehead atoms. The van der Waals surface area contributed by atoms with Crippen molar-refractivity contribution in [1.29, 1.82) is 0 Å². The molecule has 6 heteroatoms. The van der Waals surface area contributed by atoms with Gasteiger partial charge in [0.25, 0.3) is 5.56 Å². The van der Waals surface area contributed by atoms with Crippen LogP contribution in [-0.4, -0.2) is 22.6 Å². The van der Waals surface area contributed by atoms with E-state index >= 15 is 0 Å². The molecular weight excluding hydrogens is 294 g/mol. The number of para-hydroxylation sites is 2. The summed E-state index contributed by atoms with van der Waals surface area (Å²) in [5, 5.41) is 2.78. The van der Waals surface area contributed by atoms with E-state index in [0.29, 0.717) is 17.3 Å². The number of carbonyl (C=O) groups excluding carboxylic acids is 1. The third-order valence-electron chi connectivity index (χ3n) is 4.06. The van der Waals surface area contributed by atoms with Gasteiger partial charge in [-0.1, -0.05) is 12.1 Å². The van der Waals surface area contributed by atoms with E-state index in [4.69, 9.17) is 4.74 Å². The molecule has 2 aromatic rings. The summed E-state index contributed by atoms with van der Waals surface area (Å²) in [7, 11) is 1.55.